The van der Waals surface area contributed by atoms with E-state index in [1.54, 1.807) is 21.1 Å². The monoisotopic (exact) mass is 995 g/mol. The van der Waals surface area contributed by atoms with Crippen molar-refractivity contribution < 1.29 is 57.9 Å². The summed E-state index contributed by atoms with van der Waals surface area (Å²) in [5.74, 6) is -5.40. The molecular formula is C55H86N4O12. The highest BCUT2D eigenvalue weighted by Crippen LogP contribution is 2.42. The summed E-state index contributed by atoms with van der Waals surface area (Å²) in [4.78, 5) is 88.2. The standard InChI is InChI=1S/C55H86N4O12/c1-33-16-12-11-13-17-34(2)47(68-8)28-41-20-19-39(7)55(67,31-41)53(65)54(66)59-23-15-14-18-43(59)45(61)30-42(29-44(60)36(4)25-38(6)51(64)52(70-10)50(63)37(5)24-33)35(3)26-40-21-22-46(48(27-40)69-9)71-49(62)32-57-58-56/h11-13,16-17,33,35-43,46-48,51-52,64,67H,14-15,18-32H2,1-10H3/b13-11?,16-12+,34-17?/t33-,35-,36-,37+,38?,39+,40?,41+,42-,43-,46+,47?,48-,51+,52?,55-/m0/s1. The van der Waals surface area contributed by atoms with E-state index in [-0.39, 0.29) is 79.4 Å². The van der Waals surface area contributed by atoms with E-state index in [0.717, 1.165) is 12.0 Å². The number of esters is 1. The number of carbonyl (C=O) groups excluding carboxylic acids is 6. The predicted molar refractivity (Wildman–Crippen MR) is 270 cm³/mol. The molecule has 0 aromatic heterocycles. The van der Waals surface area contributed by atoms with Crippen LogP contribution in [0.4, 0.5) is 0 Å². The Morgan fingerprint density at radius 3 is 2.25 bits per heavy atom. The van der Waals surface area contributed by atoms with Gasteiger partial charge in [0.25, 0.3) is 11.7 Å². The molecule has 16 heteroatoms. The number of azide groups is 1. The van der Waals surface area contributed by atoms with Crippen LogP contribution >= 0.6 is 0 Å². The molecule has 2 saturated carbocycles. The summed E-state index contributed by atoms with van der Waals surface area (Å²) >= 11 is 0. The molecule has 4 aliphatic rings. The number of ether oxygens (including phenoxy) is 4. The van der Waals surface area contributed by atoms with Gasteiger partial charge in [-0.25, -0.2) is 0 Å². The smallest absolute Gasteiger partial charge is 0.312 e. The molecule has 71 heavy (non-hydrogen) atoms. The number of rotatable bonds is 9. The number of ketones is 4. The van der Waals surface area contributed by atoms with Gasteiger partial charge in [-0.2, -0.15) is 0 Å². The van der Waals surface area contributed by atoms with Crippen molar-refractivity contribution in [3.05, 3.63) is 46.4 Å². The van der Waals surface area contributed by atoms with Crippen molar-refractivity contribution in [2.75, 3.05) is 34.4 Å². The highest BCUT2D eigenvalue weighted by Gasteiger charge is 2.51. The molecule has 16 atom stereocenters. The molecule has 2 heterocycles. The number of piperidine rings is 1. The summed E-state index contributed by atoms with van der Waals surface area (Å²) in [5.41, 5.74) is 7.70. The number of allylic oxidation sites excluding steroid dienone is 5. The van der Waals surface area contributed by atoms with Crippen molar-refractivity contribution in [3.8, 4) is 0 Å². The third kappa shape index (κ3) is 16.5. The number of aliphatic hydroxyl groups excluding tert-OH is 1. The number of aliphatic hydroxyl groups is 2. The number of methoxy groups -OCH3 is 3. The molecule has 398 valence electrons. The molecule has 3 fully saturated rings. The fraction of sp³-hybridized carbons (Fsp3) is 0.782. The van der Waals surface area contributed by atoms with Crippen LogP contribution in [0.25, 0.3) is 10.4 Å². The quantitative estimate of drug-likeness (QED) is 0.0729. The number of hydrogen-bond donors (Lipinski definition) is 2. The molecule has 2 aliphatic heterocycles. The lowest BCUT2D eigenvalue weighted by Gasteiger charge is -2.43. The minimum absolute atomic E-state index is 0.0184. The van der Waals surface area contributed by atoms with Crippen molar-refractivity contribution in [3.63, 3.8) is 0 Å². The first-order valence-electron chi connectivity index (χ1n) is 26.3. The van der Waals surface area contributed by atoms with Crippen LogP contribution in [-0.4, -0.2) is 127 Å². The first-order valence-corrected chi connectivity index (χ1v) is 26.3. The van der Waals surface area contributed by atoms with Crippen LogP contribution in [0.15, 0.2) is 41.1 Å². The van der Waals surface area contributed by atoms with Gasteiger partial charge in [0.05, 0.1) is 24.4 Å². The van der Waals surface area contributed by atoms with E-state index in [0.29, 0.717) is 64.2 Å². The molecular weight excluding hydrogens is 909 g/mol. The van der Waals surface area contributed by atoms with E-state index in [2.05, 4.69) is 10.0 Å². The summed E-state index contributed by atoms with van der Waals surface area (Å²) < 4.78 is 22.9. The van der Waals surface area contributed by atoms with Crippen molar-refractivity contribution in [2.45, 2.75) is 187 Å². The van der Waals surface area contributed by atoms with Gasteiger partial charge in [0.1, 0.15) is 30.1 Å². The molecule has 2 N–H and O–H groups in total. The topological polar surface area (TPSA) is 232 Å². The minimum atomic E-state index is -1.92. The van der Waals surface area contributed by atoms with E-state index < -0.39 is 89.9 Å². The van der Waals surface area contributed by atoms with Crippen LogP contribution in [0.1, 0.15) is 145 Å². The number of nitrogens with zero attached hydrogens (tertiary/aromatic N) is 4. The molecule has 2 bridgehead atoms. The second-order valence-corrected chi connectivity index (χ2v) is 21.9. The van der Waals surface area contributed by atoms with Crippen LogP contribution in [0.2, 0.25) is 0 Å². The largest absolute Gasteiger partial charge is 0.459 e. The Balaban J connectivity index is 1.67. The van der Waals surface area contributed by atoms with Crippen LogP contribution in [-0.2, 0) is 47.7 Å². The van der Waals surface area contributed by atoms with E-state index in [1.807, 2.05) is 71.9 Å². The van der Waals surface area contributed by atoms with Gasteiger partial charge in [-0.3, -0.25) is 28.8 Å². The highest BCUT2D eigenvalue weighted by atomic mass is 16.6. The van der Waals surface area contributed by atoms with E-state index >= 15 is 0 Å². The summed E-state index contributed by atoms with van der Waals surface area (Å²) in [6.45, 7) is 13.1. The summed E-state index contributed by atoms with van der Waals surface area (Å²) in [6.07, 6.45) is 13.1. The lowest BCUT2D eigenvalue weighted by molar-refractivity contribution is -0.165. The van der Waals surface area contributed by atoms with Gasteiger partial charge in [-0.1, -0.05) is 77.0 Å². The second-order valence-electron chi connectivity index (χ2n) is 21.9. The number of hydrogen-bond acceptors (Lipinski definition) is 13. The normalized spacial score (nSPS) is 37.0. The van der Waals surface area contributed by atoms with E-state index in [1.165, 1.54) is 12.0 Å². The van der Waals surface area contributed by atoms with Crippen molar-refractivity contribution >= 4 is 35.0 Å². The zero-order valence-corrected chi connectivity index (χ0v) is 44.3. The Kier molecular flexibility index (Phi) is 23.8. The lowest BCUT2D eigenvalue weighted by Crippen LogP contribution is -2.59. The number of fused-ring (bicyclic) bond motifs is 3. The second kappa shape index (κ2) is 28.4. The average Bonchev–Trinajstić information content (AvgIpc) is 3.35. The highest BCUT2D eigenvalue weighted by molar-refractivity contribution is 6.39. The molecule has 0 aromatic carbocycles. The van der Waals surface area contributed by atoms with Gasteiger partial charge in [-0.15, -0.1) is 0 Å². The Morgan fingerprint density at radius 1 is 0.859 bits per heavy atom. The molecule has 4 unspecified atom stereocenters. The molecule has 1 saturated heterocycles. The van der Waals surface area contributed by atoms with Gasteiger partial charge in [0.2, 0.25) is 0 Å². The maximum atomic E-state index is 14.8. The Labute approximate surface area is 422 Å². The van der Waals surface area contributed by atoms with Crippen molar-refractivity contribution in [1.29, 1.82) is 0 Å². The first kappa shape index (κ1) is 59.5. The van der Waals surface area contributed by atoms with Crippen molar-refractivity contribution in [2.24, 2.45) is 58.4 Å². The van der Waals surface area contributed by atoms with Gasteiger partial charge >= 0.3 is 5.97 Å². The van der Waals surface area contributed by atoms with E-state index in [9.17, 15) is 39.0 Å². The molecule has 2 aliphatic carbocycles. The molecule has 4 rings (SSSR count). The van der Waals surface area contributed by atoms with Gasteiger partial charge in [0.15, 0.2) is 11.6 Å². The Hall–Kier alpha value is -4.05. The van der Waals surface area contributed by atoms with Gasteiger partial charge < -0.3 is 34.1 Å². The van der Waals surface area contributed by atoms with Crippen molar-refractivity contribution in [1.82, 2.24) is 4.90 Å². The molecule has 16 nitrogen and oxygen atoms in total. The maximum Gasteiger partial charge on any atom is 0.312 e. The molecule has 1 amide bonds. The third-order valence-corrected chi connectivity index (χ3v) is 16.5. The van der Waals surface area contributed by atoms with Crippen LogP contribution in [0.5, 0.6) is 0 Å². The summed E-state index contributed by atoms with van der Waals surface area (Å²) in [6, 6.07) is -0.900. The Bertz CT molecular complexity index is 1960. The number of Topliss-reactive ketones (excluding diaryl/α,β-unsaturated/α-hetero) is 4. The zero-order valence-electron chi connectivity index (χ0n) is 44.3. The Morgan fingerprint density at radius 2 is 1.58 bits per heavy atom. The van der Waals surface area contributed by atoms with E-state index in [4.69, 9.17) is 24.5 Å². The summed E-state index contributed by atoms with van der Waals surface area (Å²) in [7, 11) is 4.60. The first-order chi connectivity index (χ1) is 33.7. The van der Waals surface area contributed by atoms with Crippen LogP contribution in [0.3, 0.4) is 0 Å². The van der Waals surface area contributed by atoms with Crippen LogP contribution < -0.4 is 0 Å². The fourth-order valence-electron chi connectivity index (χ4n) is 11.9. The fourth-order valence-corrected chi connectivity index (χ4v) is 11.9. The SMILES string of the molecule is COC1C[C@H]2CC[C@@H](C)[C@@](O)(C2)C(=O)C(=O)N2CCCC[C@H]2C(=O)C[C@@H]([C@@H](C)CC2CC[C@@H](OC(=O)CN=[N+]=[N-])[C@@H](OC)C2)CC(=O)[C@@H](C)CC(C)[C@@H](O)C(OC)C(=O)[C@H](C)C[C@@H](C)/C=C/C=CC=C1C. The zero-order chi connectivity index (χ0) is 52.6. The van der Waals surface area contributed by atoms with Gasteiger partial charge in [-0.05, 0) is 143 Å². The predicted octanol–water partition coefficient (Wildman–Crippen LogP) is 8.45. The third-order valence-electron chi connectivity index (χ3n) is 16.5. The lowest BCUT2D eigenvalue weighted by atomic mass is 9.67. The molecule has 0 spiro atoms. The van der Waals surface area contributed by atoms with Crippen LogP contribution in [0, 0.1) is 53.3 Å². The number of amides is 1. The van der Waals surface area contributed by atoms with Gasteiger partial charge in [0, 0.05) is 57.5 Å². The maximum absolute atomic E-state index is 14.8. The number of carbonyl (C=O) groups is 6. The average molecular weight is 995 g/mol. The molecule has 0 radical (unpaired) electrons. The molecule has 0 aromatic rings. The minimum Gasteiger partial charge on any atom is -0.459 e. The summed E-state index contributed by atoms with van der Waals surface area (Å²) in [5, 5.41) is 27.1.